The van der Waals surface area contributed by atoms with Gasteiger partial charge in [-0.05, 0) is 62.1 Å². The first-order chi connectivity index (χ1) is 13.7. The topological polar surface area (TPSA) is 95.9 Å². The van der Waals surface area contributed by atoms with Gasteiger partial charge in [0.05, 0.1) is 11.7 Å². The van der Waals surface area contributed by atoms with Crippen molar-refractivity contribution < 1.29 is 24.5 Å². The fourth-order valence-electron chi connectivity index (χ4n) is 6.87. The van der Waals surface area contributed by atoms with Crippen LogP contribution in [0.3, 0.4) is 0 Å². The van der Waals surface area contributed by atoms with Crippen molar-refractivity contribution in [3.8, 4) is 11.5 Å². The van der Waals surface area contributed by atoms with Crippen molar-refractivity contribution in [2.45, 2.75) is 57.7 Å². The molecule has 3 aliphatic carbocycles. The second-order valence-electron chi connectivity index (χ2n) is 9.83. The van der Waals surface area contributed by atoms with Gasteiger partial charge in [-0.25, -0.2) is 0 Å². The number of phenols is 2. The molecule has 3 unspecified atom stereocenters. The van der Waals surface area contributed by atoms with Crippen molar-refractivity contribution in [1.29, 1.82) is 0 Å². The van der Waals surface area contributed by atoms with Crippen molar-refractivity contribution in [1.82, 2.24) is 0 Å². The lowest BCUT2D eigenvalue weighted by atomic mass is 9.51. The molecule has 5 aliphatic rings. The summed E-state index contributed by atoms with van der Waals surface area (Å²) in [6.45, 7) is 4.18. The number of ketones is 1. The van der Waals surface area contributed by atoms with Crippen LogP contribution in [-0.2, 0) is 14.3 Å². The predicted octanol–water partition coefficient (Wildman–Crippen LogP) is 3.54. The van der Waals surface area contributed by atoms with Crippen LogP contribution in [0.15, 0.2) is 30.4 Å². The molecular weight excluding hydrogens is 370 g/mol. The van der Waals surface area contributed by atoms with E-state index in [4.69, 9.17) is 4.74 Å². The van der Waals surface area contributed by atoms with E-state index in [1.165, 1.54) is 18.2 Å². The number of ether oxygens (including phenoxy) is 1. The van der Waals surface area contributed by atoms with Gasteiger partial charge in [-0.1, -0.05) is 19.1 Å². The monoisotopic (exact) mass is 397 g/mol. The lowest BCUT2D eigenvalue weighted by molar-refractivity contribution is -0.169. The van der Waals surface area contributed by atoms with Crippen molar-refractivity contribution in [2.24, 2.45) is 22.7 Å². The van der Waals surface area contributed by atoms with Crippen LogP contribution in [0.1, 0.15) is 46.0 Å². The number of anilines is 1. The van der Waals surface area contributed by atoms with Gasteiger partial charge in [0.1, 0.15) is 17.2 Å². The minimum absolute atomic E-state index is 0.00313. The van der Waals surface area contributed by atoms with Gasteiger partial charge >= 0.3 is 0 Å². The van der Waals surface area contributed by atoms with Crippen molar-refractivity contribution in [3.05, 3.63) is 30.4 Å². The Hall–Kier alpha value is -2.34. The molecule has 6 rings (SSSR count). The number of carbonyl (C=O) groups excluding carboxylic acids is 2. The maximum absolute atomic E-state index is 13.0. The number of amides is 1. The molecule has 1 spiro atoms. The number of aromatic hydroxyl groups is 2. The van der Waals surface area contributed by atoms with Crippen molar-refractivity contribution in [2.75, 3.05) is 5.32 Å². The number of phenolic OH excluding ortho intramolecular Hbond substituents is 2. The van der Waals surface area contributed by atoms with E-state index in [1.54, 1.807) is 6.08 Å². The zero-order valence-corrected chi connectivity index (χ0v) is 16.8. The number of carbonyl (C=O) groups is 2. The fourth-order valence-corrected chi connectivity index (χ4v) is 6.87. The van der Waals surface area contributed by atoms with Gasteiger partial charge < -0.3 is 20.3 Å². The van der Waals surface area contributed by atoms with Crippen molar-refractivity contribution in [3.63, 3.8) is 0 Å². The predicted molar refractivity (Wildman–Crippen MR) is 106 cm³/mol. The summed E-state index contributed by atoms with van der Waals surface area (Å²) in [4.78, 5) is 25.6. The van der Waals surface area contributed by atoms with Gasteiger partial charge in [0.25, 0.3) is 0 Å². The number of rotatable bonds is 4. The quantitative estimate of drug-likeness (QED) is 0.676. The number of hydrogen-bond acceptors (Lipinski definition) is 5. The molecule has 2 saturated carbocycles. The Labute approximate surface area is 169 Å². The third kappa shape index (κ3) is 2.51. The Bertz CT molecular complexity index is 921. The fraction of sp³-hybridized carbons (Fsp3) is 0.565. The maximum atomic E-state index is 13.0. The molecule has 2 aliphatic heterocycles. The Kier molecular flexibility index (Phi) is 3.77. The van der Waals surface area contributed by atoms with E-state index in [2.05, 4.69) is 18.3 Å². The molecule has 0 aromatic heterocycles. The van der Waals surface area contributed by atoms with E-state index < -0.39 is 5.41 Å². The molecule has 2 saturated heterocycles. The largest absolute Gasteiger partial charge is 0.506 e. The molecule has 6 atom stereocenters. The second kappa shape index (κ2) is 5.85. The standard InChI is InChI=1S/C23H27NO5/c1-21(8-7-18(28)24-19-14(25)4-3-5-15(19)26)17(27)6-9-23-11-13-10-16(20(21)23)29-22(13,2)12-23/h3-6,9,13,16,20,25-26H,7-8,10-12H2,1-2H3,(H,24,28)/t13?,16-,20?,21?,22-,23-/m0/s1. The van der Waals surface area contributed by atoms with Gasteiger partial charge in [-0.3, -0.25) is 9.59 Å². The van der Waals surface area contributed by atoms with Gasteiger partial charge in [0, 0.05) is 17.8 Å². The summed E-state index contributed by atoms with van der Waals surface area (Å²) in [6, 6.07) is 4.30. The SMILES string of the molecule is CC1(CCC(=O)Nc2c(O)cccc2O)C(=O)C=C[C@]23CC4C[C@H](O[C@@]4(C)C2)C13. The molecule has 1 amide bonds. The van der Waals surface area contributed by atoms with Gasteiger partial charge in [-0.15, -0.1) is 0 Å². The molecule has 0 radical (unpaired) electrons. The highest BCUT2D eigenvalue weighted by atomic mass is 16.5. The number of hydrogen-bond donors (Lipinski definition) is 3. The summed E-state index contributed by atoms with van der Waals surface area (Å²) in [5.74, 6) is -0.00475. The summed E-state index contributed by atoms with van der Waals surface area (Å²) in [5.41, 5.74) is -0.737. The van der Waals surface area contributed by atoms with Crippen LogP contribution in [-0.4, -0.2) is 33.6 Å². The van der Waals surface area contributed by atoms with Crippen molar-refractivity contribution >= 4 is 17.4 Å². The number of nitrogens with one attached hydrogen (secondary N) is 1. The van der Waals surface area contributed by atoms with Gasteiger partial charge in [0.2, 0.25) is 5.91 Å². The second-order valence-corrected chi connectivity index (χ2v) is 9.83. The first-order valence-corrected chi connectivity index (χ1v) is 10.4. The van der Waals surface area contributed by atoms with Gasteiger partial charge in [0.15, 0.2) is 5.78 Å². The number of allylic oxidation sites excluding steroid dienone is 2. The molecule has 1 aromatic carbocycles. The Morgan fingerprint density at radius 2 is 2.00 bits per heavy atom. The zero-order valence-electron chi connectivity index (χ0n) is 16.8. The normalized spacial score (nSPS) is 41.6. The number of benzene rings is 1. The first-order valence-electron chi connectivity index (χ1n) is 10.4. The van der Waals surface area contributed by atoms with E-state index in [1.807, 2.05) is 6.92 Å². The van der Waals surface area contributed by atoms with Crippen LogP contribution >= 0.6 is 0 Å². The highest BCUT2D eigenvalue weighted by Crippen LogP contribution is 2.71. The van der Waals surface area contributed by atoms with Crippen LogP contribution in [0.5, 0.6) is 11.5 Å². The molecular formula is C23H27NO5. The van der Waals surface area contributed by atoms with Crippen LogP contribution in [0, 0.1) is 22.7 Å². The highest BCUT2D eigenvalue weighted by Gasteiger charge is 2.71. The maximum Gasteiger partial charge on any atom is 0.224 e. The van der Waals surface area contributed by atoms with Crippen LogP contribution in [0.2, 0.25) is 0 Å². The van der Waals surface area contributed by atoms with Gasteiger partial charge in [-0.2, -0.15) is 0 Å². The van der Waals surface area contributed by atoms with E-state index >= 15 is 0 Å². The lowest BCUT2D eigenvalue weighted by Crippen LogP contribution is -2.56. The van der Waals surface area contributed by atoms with E-state index in [9.17, 15) is 19.8 Å². The van der Waals surface area contributed by atoms with Crippen LogP contribution in [0.25, 0.3) is 0 Å². The van der Waals surface area contributed by atoms with E-state index in [0.717, 1.165) is 19.3 Å². The lowest BCUT2D eigenvalue weighted by Gasteiger charge is -2.55. The molecule has 1 aromatic rings. The molecule has 154 valence electrons. The molecule has 6 heteroatoms. The molecule has 4 fully saturated rings. The summed E-state index contributed by atoms with van der Waals surface area (Å²) in [5, 5.41) is 22.4. The highest BCUT2D eigenvalue weighted by molar-refractivity contribution is 5.98. The first kappa shape index (κ1) is 18.7. The molecule has 6 nitrogen and oxygen atoms in total. The molecule has 2 heterocycles. The van der Waals surface area contributed by atoms with E-state index in [0.29, 0.717) is 12.3 Å². The summed E-state index contributed by atoms with van der Waals surface area (Å²) >= 11 is 0. The Balaban J connectivity index is 1.36. The Morgan fingerprint density at radius 1 is 1.28 bits per heavy atom. The summed E-state index contributed by atoms with van der Waals surface area (Å²) in [7, 11) is 0. The smallest absolute Gasteiger partial charge is 0.224 e. The summed E-state index contributed by atoms with van der Waals surface area (Å²) < 4.78 is 6.43. The zero-order chi connectivity index (χ0) is 20.6. The average Bonchev–Trinajstić information content (AvgIpc) is 3.02. The Morgan fingerprint density at radius 3 is 2.69 bits per heavy atom. The molecule has 29 heavy (non-hydrogen) atoms. The minimum Gasteiger partial charge on any atom is -0.506 e. The molecule has 3 N–H and O–H groups in total. The van der Waals surface area contributed by atoms with Crippen LogP contribution in [0.4, 0.5) is 5.69 Å². The van der Waals surface area contributed by atoms with Crippen LogP contribution < -0.4 is 5.32 Å². The van der Waals surface area contributed by atoms with E-state index in [-0.39, 0.29) is 58.3 Å². The average molecular weight is 397 g/mol. The molecule has 4 bridgehead atoms. The minimum atomic E-state index is -0.659. The third-order valence-corrected chi connectivity index (χ3v) is 8.07. The third-order valence-electron chi connectivity index (χ3n) is 8.07. The number of para-hydroxylation sites is 1. The summed E-state index contributed by atoms with van der Waals surface area (Å²) in [6.07, 6.45) is 7.47.